The summed E-state index contributed by atoms with van der Waals surface area (Å²) in [4.78, 5) is 46.3. The number of esters is 1. The number of carbonyl (C=O) groups is 3. The highest BCUT2D eigenvalue weighted by Gasteiger charge is 2.22. The molecule has 8 nitrogen and oxygen atoms in total. The average molecular weight is 368 g/mol. The van der Waals surface area contributed by atoms with Crippen LogP contribution in [0.2, 0.25) is 5.02 Å². The molecule has 1 aromatic heterocycles. The number of carboxylic acids is 1. The largest absolute Gasteiger partial charge is 0.481 e. The first kappa shape index (κ1) is 18.5. The Morgan fingerprint density at radius 2 is 2.00 bits per heavy atom. The van der Waals surface area contributed by atoms with E-state index in [9.17, 15) is 19.2 Å². The Hall–Kier alpha value is -2.87. The molecule has 2 aromatic rings. The molecule has 0 aliphatic rings. The Balaban J connectivity index is 2.69. The monoisotopic (exact) mass is 367 g/mol. The van der Waals surface area contributed by atoms with E-state index in [1.807, 2.05) is 0 Å². The molecule has 1 amide bonds. The summed E-state index contributed by atoms with van der Waals surface area (Å²) in [7, 11) is 0. The molecule has 25 heavy (non-hydrogen) atoms. The minimum Gasteiger partial charge on any atom is -0.481 e. The molecule has 0 aliphatic heterocycles. The van der Waals surface area contributed by atoms with Gasteiger partial charge >= 0.3 is 17.6 Å². The Bertz CT molecular complexity index is 932. The zero-order chi connectivity index (χ0) is 18.7. The van der Waals surface area contributed by atoms with Gasteiger partial charge in [0.15, 0.2) is 5.75 Å². The van der Waals surface area contributed by atoms with Crippen molar-refractivity contribution < 1.29 is 28.6 Å². The van der Waals surface area contributed by atoms with Gasteiger partial charge in [0, 0.05) is 17.9 Å². The maximum Gasteiger partial charge on any atom is 0.340 e. The molecule has 0 atom stereocenters. The normalized spacial score (nSPS) is 10.6. The molecule has 2 rings (SSSR count). The fourth-order valence-electron chi connectivity index (χ4n) is 2.29. The lowest BCUT2D eigenvalue weighted by Crippen LogP contribution is -2.23. The van der Waals surface area contributed by atoms with E-state index >= 15 is 0 Å². The Kier molecular flexibility index (Phi) is 5.43. The fraction of sp³-hybridized carbons (Fsp3) is 0.250. The molecule has 0 bridgehead atoms. The van der Waals surface area contributed by atoms with Crippen LogP contribution in [-0.4, -0.2) is 23.0 Å². The van der Waals surface area contributed by atoms with Crippen LogP contribution in [0.4, 0.5) is 0 Å². The van der Waals surface area contributed by atoms with E-state index in [1.165, 1.54) is 12.1 Å². The van der Waals surface area contributed by atoms with Gasteiger partial charge in [0.05, 0.1) is 22.6 Å². The number of hydrogen-bond donors (Lipinski definition) is 2. The number of halogens is 1. The van der Waals surface area contributed by atoms with Crippen LogP contribution in [0.3, 0.4) is 0 Å². The van der Waals surface area contributed by atoms with E-state index in [1.54, 1.807) is 6.92 Å². The number of hydrogen-bond acceptors (Lipinski definition) is 6. The van der Waals surface area contributed by atoms with Crippen molar-refractivity contribution >= 4 is 40.4 Å². The predicted octanol–water partition coefficient (Wildman–Crippen LogP) is 1.88. The number of rotatable bonds is 6. The Labute approximate surface area is 146 Å². The number of primary amides is 1. The number of nitrogens with two attached hydrogens (primary N) is 1. The predicted molar refractivity (Wildman–Crippen MR) is 87.9 cm³/mol. The van der Waals surface area contributed by atoms with Gasteiger partial charge in [0.1, 0.15) is 5.58 Å². The van der Waals surface area contributed by atoms with Crippen molar-refractivity contribution in [1.82, 2.24) is 0 Å². The molecule has 0 unspecified atom stereocenters. The van der Waals surface area contributed by atoms with E-state index in [4.69, 9.17) is 31.6 Å². The molecule has 0 radical (unpaired) electrons. The molecular formula is C16H14ClNO7. The van der Waals surface area contributed by atoms with Crippen LogP contribution in [0.5, 0.6) is 5.75 Å². The van der Waals surface area contributed by atoms with Crippen LogP contribution >= 0.6 is 11.6 Å². The molecule has 132 valence electrons. The second-order valence-electron chi connectivity index (χ2n) is 5.18. The highest BCUT2D eigenvalue weighted by molar-refractivity contribution is 6.33. The highest BCUT2D eigenvalue weighted by Crippen LogP contribution is 2.32. The first-order chi connectivity index (χ1) is 11.7. The maximum absolute atomic E-state index is 12.0. The summed E-state index contributed by atoms with van der Waals surface area (Å²) >= 11 is 6.06. The molecule has 0 saturated carbocycles. The van der Waals surface area contributed by atoms with Gasteiger partial charge in [0.25, 0.3) is 0 Å². The summed E-state index contributed by atoms with van der Waals surface area (Å²) in [5, 5.41) is 8.94. The lowest BCUT2D eigenvalue weighted by molar-refractivity contribution is -0.136. The van der Waals surface area contributed by atoms with Crippen molar-refractivity contribution in [3.8, 4) is 5.75 Å². The van der Waals surface area contributed by atoms with Crippen LogP contribution in [0, 0.1) is 0 Å². The number of carbonyl (C=O) groups excluding carboxylic acids is 2. The number of ether oxygens (including phenoxy) is 1. The first-order valence-electron chi connectivity index (χ1n) is 7.26. The van der Waals surface area contributed by atoms with Crippen LogP contribution in [0.25, 0.3) is 11.0 Å². The van der Waals surface area contributed by atoms with Crippen LogP contribution < -0.4 is 16.1 Å². The smallest absolute Gasteiger partial charge is 0.340 e. The summed E-state index contributed by atoms with van der Waals surface area (Å²) in [5.41, 5.74) is 3.51. The topological polar surface area (TPSA) is 137 Å². The molecule has 9 heteroatoms. The summed E-state index contributed by atoms with van der Waals surface area (Å²) < 4.78 is 10.1. The zero-order valence-corrected chi connectivity index (χ0v) is 13.9. The minimum atomic E-state index is -1.33. The lowest BCUT2D eigenvalue weighted by Gasteiger charge is -2.10. The SMILES string of the molecule is CCCC(=O)Oc1cc2oc(=O)c(CC(=O)O)c(C(N)=O)c2cc1Cl. The van der Waals surface area contributed by atoms with Gasteiger partial charge in [-0.15, -0.1) is 0 Å². The molecule has 0 saturated heterocycles. The molecule has 0 fully saturated rings. The Morgan fingerprint density at radius 1 is 1.32 bits per heavy atom. The van der Waals surface area contributed by atoms with Crippen molar-refractivity contribution in [3.63, 3.8) is 0 Å². The minimum absolute atomic E-state index is 0.0189. The van der Waals surface area contributed by atoms with Gasteiger partial charge in [-0.2, -0.15) is 0 Å². The quantitative estimate of drug-likeness (QED) is 0.451. The van der Waals surface area contributed by atoms with Crippen LogP contribution in [0.1, 0.15) is 35.7 Å². The fourth-order valence-corrected chi connectivity index (χ4v) is 2.49. The van der Waals surface area contributed by atoms with E-state index in [-0.39, 0.29) is 39.3 Å². The van der Waals surface area contributed by atoms with Gasteiger partial charge in [-0.25, -0.2) is 4.79 Å². The van der Waals surface area contributed by atoms with Gasteiger partial charge in [-0.1, -0.05) is 18.5 Å². The Morgan fingerprint density at radius 3 is 2.56 bits per heavy atom. The molecule has 1 aromatic carbocycles. The van der Waals surface area contributed by atoms with Crippen molar-refractivity contribution in [2.24, 2.45) is 5.73 Å². The number of benzene rings is 1. The molecule has 0 spiro atoms. The molecular weight excluding hydrogens is 354 g/mol. The van der Waals surface area contributed by atoms with Gasteiger partial charge in [-0.05, 0) is 12.5 Å². The number of carboxylic acid groups (broad SMARTS) is 1. The van der Waals surface area contributed by atoms with Gasteiger partial charge in [0.2, 0.25) is 5.91 Å². The molecule has 3 N–H and O–H groups in total. The number of aliphatic carboxylic acids is 1. The van der Waals surface area contributed by atoms with Gasteiger partial charge in [-0.3, -0.25) is 14.4 Å². The first-order valence-corrected chi connectivity index (χ1v) is 7.63. The highest BCUT2D eigenvalue weighted by atomic mass is 35.5. The summed E-state index contributed by atoms with van der Waals surface area (Å²) in [5.74, 6) is -2.90. The third kappa shape index (κ3) is 3.97. The third-order valence-electron chi connectivity index (χ3n) is 3.31. The second kappa shape index (κ2) is 7.35. The summed E-state index contributed by atoms with van der Waals surface area (Å²) in [6, 6.07) is 2.42. The standard InChI is InChI=1S/C16H14ClNO7/c1-2-3-13(21)24-11-6-10-7(4-9(11)17)14(15(18)22)8(5-12(19)20)16(23)25-10/h4,6H,2-3,5H2,1H3,(H2,18,22)(H,19,20). The van der Waals surface area contributed by atoms with E-state index in [0.717, 1.165) is 0 Å². The van der Waals surface area contributed by atoms with Crippen LogP contribution in [0.15, 0.2) is 21.3 Å². The van der Waals surface area contributed by atoms with Crippen LogP contribution in [-0.2, 0) is 16.0 Å². The van der Waals surface area contributed by atoms with E-state index < -0.39 is 29.9 Å². The lowest BCUT2D eigenvalue weighted by atomic mass is 10.0. The van der Waals surface area contributed by atoms with E-state index in [0.29, 0.717) is 6.42 Å². The zero-order valence-electron chi connectivity index (χ0n) is 13.1. The van der Waals surface area contributed by atoms with Crippen molar-refractivity contribution in [3.05, 3.63) is 38.7 Å². The molecule has 0 aliphatic carbocycles. The van der Waals surface area contributed by atoms with E-state index in [2.05, 4.69) is 0 Å². The van der Waals surface area contributed by atoms with Crippen molar-refractivity contribution in [2.75, 3.05) is 0 Å². The number of fused-ring (bicyclic) bond motifs is 1. The summed E-state index contributed by atoms with van der Waals surface area (Å²) in [6.07, 6.45) is 0.00723. The van der Waals surface area contributed by atoms with Crippen molar-refractivity contribution in [1.29, 1.82) is 0 Å². The molecule has 1 heterocycles. The average Bonchev–Trinajstić information content (AvgIpc) is 2.49. The maximum atomic E-state index is 12.0. The summed E-state index contributed by atoms with van der Waals surface area (Å²) in [6.45, 7) is 1.80. The third-order valence-corrected chi connectivity index (χ3v) is 3.60. The van der Waals surface area contributed by atoms with Gasteiger partial charge < -0.3 is 20.0 Å². The number of amides is 1. The second-order valence-corrected chi connectivity index (χ2v) is 5.59. The van der Waals surface area contributed by atoms with Crippen molar-refractivity contribution in [2.45, 2.75) is 26.2 Å².